The Labute approximate surface area is 172 Å². The van der Waals surface area contributed by atoms with Crippen LogP contribution in [-0.2, 0) is 12.7 Å². The van der Waals surface area contributed by atoms with Gasteiger partial charge in [0.2, 0.25) is 17.7 Å². The third-order valence-electron chi connectivity index (χ3n) is 4.89. The van der Waals surface area contributed by atoms with Crippen molar-refractivity contribution in [3.05, 3.63) is 60.1 Å². The molecule has 2 aromatic carbocycles. The molecule has 5 aromatic rings. The molecule has 0 bridgehead atoms. The first-order valence-corrected chi connectivity index (χ1v) is 9.10. The molecule has 3 heterocycles. The number of nitrogen functional groups attached to an aromatic ring is 2. The van der Waals surface area contributed by atoms with Crippen LogP contribution < -0.4 is 11.5 Å². The fourth-order valence-corrected chi connectivity index (χ4v) is 3.47. The standard InChI is InChI=1S/C20H14F3N7O/c21-20(22,23)11-3-1-10(2-4-11)18-29-28-15(31-18)9-30-8-7-12-14(30)6-5-13-16(12)17(24)27-19(25)26-13/h1-8H,9H2,(H4,24,25,26,27). The average molecular weight is 425 g/mol. The second-order valence-corrected chi connectivity index (χ2v) is 6.88. The van der Waals surface area contributed by atoms with Gasteiger partial charge in [-0.25, -0.2) is 4.98 Å². The molecule has 0 aliphatic rings. The Hall–Kier alpha value is -4.15. The van der Waals surface area contributed by atoms with E-state index in [2.05, 4.69) is 20.2 Å². The summed E-state index contributed by atoms with van der Waals surface area (Å²) in [5.41, 5.74) is 12.8. The third-order valence-corrected chi connectivity index (χ3v) is 4.89. The molecule has 0 saturated carbocycles. The zero-order valence-electron chi connectivity index (χ0n) is 15.8. The van der Waals surface area contributed by atoms with Crippen molar-refractivity contribution >= 4 is 33.6 Å². The summed E-state index contributed by atoms with van der Waals surface area (Å²) in [6.07, 6.45) is -2.57. The van der Waals surface area contributed by atoms with Crippen LogP contribution in [0.2, 0.25) is 0 Å². The molecule has 0 fully saturated rings. The average Bonchev–Trinajstić information content (AvgIpc) is 3.34. The van der Waals surface area contributed by atoms with Crippen LogP contribution in [0.5, 0.6) is 0 Å². The molecule has 31 heavy (non-hydrogen) atoms. The van der Waals surface area contributed by atoms with Crippen LogP contribution >= 0.6 is 0 Å². The highest BCUT2D eigenvalue weighted by molar-refractivity contribution is 6.10. The van der Waals surface area contributed by atoms with Crippen molar-refractivity contribution in [1.29, 1.82) is 0 Å². The minimum absolute atomic E-state index is 0.102. The van der Waals surface area contributed by atoms with Gasteiger partial charge in [-0.05, 0) is 42.5 Å². The van der Waals surface area contributed by atoms with E-state index in [1.165, 1.54) is 12.1 Å². The maximum atomic E-state index is 12.7. The number of hydrogen-bond acceptors (Lipinski definition) is 7. The van der Waals surface area contributed by atoms with E-state index in [0.29, 0.717) is 22.4 Å². The van der Waals surface area contributed by atoms with Gasteiger partial charge in [0.15, 0.2) is 0 Å². The number of nitrogens with zero attached hydrogens (tertiary/aromatic N) is 5. The monoisotopic (exact) mass is 425 g/mol. The van der Waals surface area contributed by atoms with Crippen LogP contribution in [0.3, 0.4) is 0 Å². The predicted octanol–water partition coefficient (Wildman–Crippen LogP) is 3.87. The fourth-order valence-electron chi connectivity index (χ4n) is 3.47. The highest BCUT2D eigenvalue weighted by Crippen LogP contribution is 2.32. The van der Waals surface area contributed by atoms with Crippen LogP contribution in [0.25, 0.3) is 33.3 Å². The number of benzene rings is 2. The van der Waals surface area contributed by atoms with E-state index in [1.54, 1.807) is 6.07 Å². The van der Waals surface area contributed by atoms with Gasteiger partial charge in [0.05, 0.1) is 16.5 Å². The largest absolute Gasteiger partial charge is 0.419 e. The second-order valence-electron chi connectivity index (χ2n) is 6.88. The molecule has 156 valence electrons. The molecule has 3 aromatic heterocycles. The normalized spacial score (nSPS) is 12.1. The summed E-state index contributed by atoms with van der Waals surface area (Å²) in [4.78, 5) is 8.23. The van der Waals surface area contributed by atoms with Crippen molar-refractivity contribution < 1.29 is 17.6 Å². The van der Waals surface area contributed by atoms with Crippen LogP contribution in [0, 0.1) is 0 Å². The summed E-state index contributed by atoms with van der Waals surface area (Å²) in [5.74, 6) is 0.825. The Morgan fingerprint density at radius 3 is 2.45 bits per heavy atom. The van der Waals surface area contributed by atoms with Gasteiger partial charge in [-0.15, -0.1) is 10.2 Å². The number of rotatable bonds is 3. The zero-order chi connectivity index (χ0) is 21.8. The van der Waals surface area contributed by atoms with E-state index in [-0.39, 0.29) is 24.2 Å². The molecule has 0 saturated heterocycles. The Kier molecular flexibility index (Phi) is 4.07. The molecule has 0 aliphatic carbocycles. The van der Waals surface area contributed by atoms with Crippen LogP contribution in [0.1, 0.15) is 11.5 Å². The Bertz CT molecular complexity index is 1420. The first kappa shape index (κ1) is 18.9. The number of alkyl halides is 3. The van der Waals surface area contributed by atoms with Gasteiger partial charge in [-0.1, -0.05) is 0 Å². The molecule has 4 N–H and O–H groups in total. The molecular formula is C20H14F3N7O. The summed E-state index contributed by atoms with van der Waals surface area (Å²) in [7, 11) is 0. The van der Waals surface area contributed by atoms with Gasteiger partial charge in [0, 0.05) is 22.7 Å². The zero-order valence-corrected chi connectivity index (χ0v) is 15.8. The van der Waals surface area contributed by atoms with Gasteiger partial charge in [-0.3, -0.25) is 0 Å². The lowest BCUT2D eigenvalue weighted by Crippen LogP contribution is -2.03. The van der Waals surface area contributed by atoms with Crippen molar-refractivity contribution in [2.24, 2.45) is 0 Å². The third kappa shape index (κ3) is 3.29. The Balaban J connectivity index is 1.46. The molecular weight excluding hydrogens is 411 g/mol. The minimum Gasteiger partial charge on any atom is -0.419 e. The van der Waals surface area contributed by atoms with E-state index in [9.17, 15) is 13.2 Å². The van der Waals surface area contributed by atoms with E-state index >= 15 is 0 Å². The molecule has 8 nitrogen and oxygen atoms in total. The molecule has 0 radical (unpaired) electrons. The summed E-state index contributed by atoms with van der Waals surface area (Å²) >= 11 is 0. The van der Waals surface area contributed by atoms with Gasteiger partial charge >= 0.3 is 6.18 Å². The van der Waals surface area contributed by atoms with E-state index in [0.717, 1.165) is 23.0 Å². The van der Waals surface area contributed by atoms with Gasteiger partial charge in [0.1, 0.15) is 12.4 Å². The fraction of sp³-hybridized carbons (Fsp3) is 0.100. The first-order valence-electron chi connectivity index (χ1n) is 9.10. The molecule has 11 heteroatoms. The second kappa shape index (κ2) is 6.69. The predicted molar refractivity (Wildman–Crippen MR) is 108 cm³/mol. The van der Waals surface area contributed by atoms with E-state index in [1.807, 2.05) is 22.9 Å². The van der Waals surface area contributed by atoms with Crippen LogP contribution in [0.15, 0.2) is 53.1 Å². The summed E-state index contributed by atoms with van der Waals surface area (Å²) in [5, 5.41) is 9.50. The Morgan fingerprint density at radius 1 is 0.935 bits per heavy atom. The first-order chi connectivity index (χ1) is 14.8. The summed E-state index contributed by atoms with van der Waals surface area (Å²) in [6.45, 7) is 0.262. The molecule has 0 spiro atoms. The van der Waals surface area contributed by atoms with Crippen molar-refractivity contribution in [2.45, 2.75) is 12.7 Å². The Morgan fingerprint density at radius 2 is 1.71 bits per heavy atom. The number of nitrogens with two attached hydrogens (primary N) is 2. The number of anilines is 2. The maximum Gasteiger partial charge on any atom is 0.416 e. The SMILES string of the molecule is Nc1nc(N)c2c(ccc3c2ccn3Cc2nnc(-c3ccc(C(F)(F)F)cc3)o2)n1. The van der Waals surface area contributed by atoms with Gasteiger partial charge in [-0.2, -0.15) is 18.2 Å². The van der Waals surface area contributed by atoms with E-state index < -0.39 is 11.7 Å². The number of aromatic nitrogens is 5. The molecule has 0 unspecified atom stereocenters. The molecule has 5 rings (SSSR count). The molecule has 0 atom stereocenters. The summed E-state index contributed by atoms with van der Waals surface area (Å²) in [6, 6.07) is 10.1. The van der Waals surface area contributed by atoms with E-state index in [4.69, 9.17) is 15.9 Å². The topological polar surface area (TPSA) is 122 Å². The lowest BCUT2D eigenvalue weighted by Gasteiger charge is -2.06. The smallest absolute Gasteiger partial charge is 0.416 e. The minimum atomic E-state index is -4.40. The highest BCUT2D eigenvalue weighted by atomic mass is 19.4. The van der Waals surface area contributed by atoms with Gasteiger partial charge < -0.3 is 20.5 Å². The number of halogens is 3. The number of fused-ring (bicyclic) bond motifs is 3. The quantitative estimate of drug-likeness (QED) is 0.450. The van der Waals surface area contributed by atoms with Crippen LogP contribution in [0.4, 0.5) is 24.9 Å². The molecule has 0 aliphatic heterocycles. The lowest BCUT2D eigenvalue weighted by molar-refractivity contribution is -0.137. The van der Waals surface area contributed by atoms with Crippen molar-refractivity contribution in [3.8, 4) is 11.5 Å². The number of hydrogen-bond donors (Lipinski definition) is 2. The van der Waals surface area contributed by atoms with Gasteiger partial charge in [0.25, 0.3) is 0 Å². The molecule has 0 amide bonds. The van der Waals surface area contributed by atoms with Crippen molar-refractivity contribution in [2.75, 3.05) is 11.5 Å². The highest BCUT2D eigenvalue weighted by Gasteiger charge is 2.30. The van der Waals surface area contributed by atoms with Crippen molar-refractivity contribution in [3.63, 3.8) is 0 Å². The summed E-state index contributed by atoms with van der Waals surface area (Å²) < 4.78 is 45.7. The maximum absolute atomic E-state index is 12.7. The van der Waals surface area contributed by atoms with Crippen molar-refractivity contribution in [1.82, 2.24) is 24.7 Å². The van der Waals surface area contributed by atoms with Crippen LogP contribution in [-0.4, -0.2) is 24.7 Å². The lowest BCUT2D eigenvalue weighted by atomic mass is 10.1.